The number of nitrogens with zero attached hydrogens (tertiary/aromatic N) is 4. The van der Waals surface area contributed by atoms with Crippen LogP contribution in [0.5, 0.6) is 0 Å². The number of carbonyl (C=O) groups is 2. The van der Waals surface area contributed by atoms with Crippen LogP contribution in [0.3, 0.4) is 0 Å². The molecule has 2 heterocycles. The number of fused-ring (bicyclic) bond motifs is 1. The number of nitrogens with one attached hydrogen (secondary N) is 1. The van der Waals surface area contributed by atoms with Gasteiger partial charge in [-0.2, -0.15) is 0 Å². The first-order valence-electron chi connectivity index (χ1n) is 10.8. The average Bonchev–Trinajstić information content (AvgIpc) is 2.75. The largest absolute Gasteiger partial charge is 0.342 e. The molecular weight excluding hydrogens is 382 g/mol. The molecule has 1 aliphatic heterocycles. The topological polar surface area (TPSA) is 89.6 Å². The zero-order valence-electron chi connectivity index (χ0n) is 17.9. The first-order valence-corrected chi connectivity index (χ1v) is 10.8. The van der Waals surface area contributed by atoms with Gasteiger partial charge in [-0.25, -0.2) is 4.98 Å². The third-order valence-electron chi connectivity index (χ3n) is 5.67. The molecule has 0 saturated carbocycles. The fourth-order valence-electron chi connectivity index (χ4n) is 3.84. The van der Waals surface area contributed by atoms with Crippen molar-refractivity contribution < 1.29 is 9.59 Å². The van der Waals surface area contributed by atoms with E-state index in [1.807, 2.05) is 41.8 Å². The Morgan fingerprint density at radius 3 is 2.50 bits per heavy atom. The second kappa shape index (κ2) is 10.3. The van der Waals surface area contributed by atoms with Crippen LogP contribution in [0, 0.1) is 0 Å². The van der Waals surface area contributed by atoms with Crippen LogP contribution < -0.4 is 5.56 Å². The fourth-order valence-corrected chi connectivity index (χ4v) is 3.84. The van der Waals surface area contributed by atoms with Gasteiger partial charge in [0, 0.05) is 52.1 Å². The number of para-hydroxylation sites is 1. The Morgan fingerprint density at radius 2 is 1.80 bits per heavy atom. The highest BCUT2D eigenvalue weighted by Crippen LogP contribution is 2.10. The van der Waals surface area contributed by atoms with Crippen molar-refractivity contribution in [2.75, 3.05) is 45.8 Å². The van der Waals surface area contributed by atoms with E-state index in [-0.39, 0.29) is 17.4 Å². The number of benzene rings is 1. The number of hydrogen-bond donors (Lipinski definition) is 1. The maximum atomic E-state index is 12.5. The molecule has 0 unspecified atom stereocenters. The van der Waals surface area contributed by atoms with Crippen molar-refractivity contribution in [3.63, 3.8) is 0 Å². The Kier molecular flexibility index (Phi) is 7.57. The minimum absolute atomic E-state index is 0.118. The van der Waals surface area contributed by atoms with Gasteiger partial charge >= 0.3 is 0 Å². The number of aryl methyl sites for hydroxylation is 1. The van der Waals surface area contributed by atoms with E-state index in [4.69, 9.17) is 0 Å². The number of likely N-dealkylation sites (N-methyl/N-ethyl adjacent to an activating group) is 1. The summed E-state index contributed by atoms with van der Waals surface area (Å²) in [7, 11) is 0. The van der Waals surface area contributed by atoms with E-state index in [0.29, 0.717) is 55.6 Å². The van der Waals surface area contributed by atoms with Crippen molar-refractivity contribution in [1.82, 2.24) is 24.7 Å². The lowest BCUT2D eigenvalue weighted by Gasteiger charge is -2.35. The number of aromatic amines is 1. The van der Waals surface area contributed by atoms with Crippen molar-refractivity contribution >= 4 is 22.7 Å². The average molecular weight is 414 g/mol. The van der Waals surface area contributed by atoms with Crippen LogP contribution in [0.4, 0.5) is 0 Å². The number of amides is 2. The summed E-state index contributed by atoms with van der Waals surface area (Å²) in [6, 6.07) is 7.25. The molecule has 1 aliphatic rings. The summed E-state index contributed by atoms with van der Waals surface area (Å²) in [6.07, 6.45) is 1.62. The van der Waals surface area contributed by atoms with Crippen molar-refractivity contribution in [1.29, 1.82) is 0 Å². The van der Waals surface area contributed by atoms with E-state index < -0.39 is 0 Å². The summed E-state index contributed by atoms with van der Waals surface area (Å²) in [6.45, 7) is 8.59. The quantitative estimate of drug-likeness (QED) is 0.704. The predicted octanol–water partition coefficient (Wildman–Crippen LogP) is 1.26. The van der Waals surface area contributed by atoms with E-state index in [0.717, 1.165) is 26.2 Å². The van der Waals surface area contributed by atoms with E-state index in [1.54, 1.807) is 6.07 Å². The van der Waals surface area contributed by atoms with Crippen LogP contribution in [-0.4, -0.2) is 82.3 Å². The molecule has 2 aromatic rings. The lowest BCUT2D eigenvalue weighted by molar-refractivity contribution is -0.135. The fraction of sp³-hybridized carbons (Fsp3) is 0.545. The number of rotatable bonds is 8. The zero-order chi connectivity index (χ0) is 21.5. The molecule has 8 heteroatoms. The van der Waals surface area contributed by atoms with Crippen molar-refractivity contribution in [3.8, 4) is 0 Å². The molecule has 0 radical (unpaired) electrons. The summed E-state index contributed by atoms with van der Waals surface area (Å²) in [5.74, 6) is 0.885. The first-order chi connectivity index (χ1) is 14.5. The molecule has 1 aromatic heterocycles. The molecule has 1 N–H and O–H groups in total. The molecule has 1 fully saturated rings. The maximum Gasteiger partial charge on any atom is 0.258 e. The second-order valence-electron chi connectivity index (χ2n) is 7.61. The summed E-state index contributed by atoms with van der Waals surface area (Å²) < 4.78 is 0. The van der Waals surface area contributed by atoms with Crippen molar-refractivity contribution in [3.05, 3.63) is 40.4 Å². The molecule has 0 aliphatic carbocycles. The Hall–Kier alpha value is -2.74. The van der Waals surface area contributed by atoms with Gasteiger partial charge in [0.15, 0.2) is 0 Å². The molecule has 3 rings (SSSR count). The summed E-state index contributed by atoms with van der Waals surface area (Å²) in [5.41, 5.74) is 0.537. The van der Waals surface area contributed by atoms with E-state index >= 15 is 0 Å². The molecule has 1 aromatic carbocycles. The number of piperazine rings is 1. The van der Waals surface area contributed by atoms with Gasteiger partial charge in [-0.05, 0) is 32.4 Å². The molecule has 1 saturated heterocycles. The molecule has 0 bridgehead atoms. The molecular formula is C22H31N5O3. The van der Waals surface area contributed by atoms with Crippen molar-refractivity contribution in [2.24, 2.45) is 0 Å². The Morgan fingerprint density at radius 1 is 1.10 bits per heavy atom. The summed E-state index contributed by atoms with van der Waals surface area (Å²) in [4.78, 5) is 50.0. The summed E-state index contributed by atoms with van der Waals surface area (Å²) in [5, 5.41) is 0.578. The maximum absolute atomic E-state index is 12.5. The number of aromatic nitrogens is 2. The third kappa shape index (κ3) is 5.44. The van der Waals surface area contributed by atoms with Gasteiger partial charge in [0.25, 0.3) is 5.56 Å². The van der Waals surface area contributed by atoms with Gasteiger partial charge in [-0.1, -0.05) is 12.1 Å². The van der Waals surface area contributed by atoms with Gasteiger partial charge < -0.3 is 14.8 Å². The van der Waals surface area contributed by atoms with Gasteiger partial charge in [0.1, 0.15) is 5.82 Å². The van der Waals surface area contributed by atoms with Crippen LogP contribution >= 0.6 is 0 Å². The SMILES string of the molecule is CCN(CC)C(=O)CN1CCN(C(=O)CCCc2nc3ccccc3c(=O)[nH]2)CC1. The smallest absolute Gasteiger partial charge is 0.258 e. The third-order valence-corrected chi connectivity index (χ3v) is 5.67. The minimum Gasteiger partial charge on any atom is -0.342 e. The molecule has 0 spiro atoms. The van der Waals surface area contributed by atoms with Crippen LogP contribution in [-0.2, 0) is 16.0 Å². The van der Waals surface area contributed by atoms with E-state index in [9.17, 15) is 14.4 Å². The minimum atomic E-state index is -0.141. The number of hydrogen-bond acceptors (Lipinski definition) is 5. The molecule has 8 nitrogen and oxygen atoms in total. The standard InChI is InChI=1S/C22H31N5O3/c1-3-26(4-2)21(29)16-25-12-14-27(15-13-25)20(28)11-7-10-19-23-18-9-6-5-8-17(18)22(30)24-19/h5-6,8-9H,3-4,7,10-16H2,1-2H3,(H,23,24,30). The number of carbonyl (C=O) groups excluding carboxylic acids is 2. The van der Waals surface area contributed by atoms with Crippen LogP contribution in [0.15, 0.2) is 29.1 Å². The zero-order valence-corrected chi connectivity index (χ0v) is 17.9. The van der Waals surface area contributed by atoms with Crippen LogP contribution in [0.2, 0.25) is 0 Å². The highest BCUT2D eigenvalue weighted by Gasteiger charge is 2.23. The van der Waals surface area contributed by atoms with E-state index in [2.05, 4.69) is 14.9 Å². The molecule has 162 valence electrons. The van der Waals surface area contributed by atoms with Gasteiger partial charge in [0.2, 0.25) is 11.8 Å². The molecule has 30 heavy (non-hydrogen) atoms. The Labute approximate surface area is 176 Å². The van der Waals surface area contributed by atoms with Crippen LogP contribution in [0.25, 0.3) is 10.9 Å². The predicted molar refractivity (Wildman–Crippen MR) is 116 cm³/mol. The number of H-pyrrole nitrogens is 1. The van der Waals surface area contributed by atoms with E-state index in [1.165, 1.54) is 0 Å². The lowest BCUT2D eigenvalue weighted by atomic mass is 10.2. The molecule has 0 atom stereocenters. The van der Waals surface area contributed by atoms with Gasteiger partial charge in [-0.15, -0.1) is 0 Å². The van der Waals surface area contributed by atoms with Gasteiger partial charge in [0.05, 0.1) is 17.4 Å². The highest BCUT2D eigenvalue weighted by atomic mass is 16.2. The lowest BCUT2D eigenvalue weighted by Crippen LogP contribution is -2.51. The Balaban J connectivity index is 1.43. The van der Waals surface area contributed by atoms with Crippen LogP contribution in [0.1, 0.15) is 32.5 Å². The first kappa shape index (κ1) is 22.0. The second-order valence-corrected chi connectivity index (χ2v) is 7.61. The summed E-state index contributed by atoms with van der Waals surface area (Å²) >= 11 is 0. The normalized spacial score (nSPS) is 14.8. The highest BCUT2D eigenvalue weighted by molar-refractivity contribution is 5.79. The van der Waals surface area contributed by atoms with Crippen molar-refractivity contribution in [2.45, 2.75) is 33.1 Å². The molecule has 2 amide bonds. The van der Waals surface area contributed by atoms with Gasteiger partial charge in [-0.3, -0.25) is 19.3 Å². The Bertz CT molecular complexity index is 930. The monoisotopic (exact) mass is 413 g/mol.